The summed E-state index contributed by atoms with van der Waals surface area (Å²) in [6.45, 7) is 3.82. The number of aromatic nitrogens is 4. The molecule has 2 aromatic heterocycles. The highest BCUT2D eigenvalue weighted by atomic mass is 35.5. The number of nitrogens with zero attached hydrogens (tertiary/aromatic N) is 3. The average molecular weight is 331 g/mol. The molecule has 116 valence electrons. The third-order valence-corrected chi connectivity index (χ3v) is 3.24. The summed E-state index contributed by atoms with van der Waals surface area (Å²) in [4.78, 5) is 8.32. The van der Waals surface area contributed by atoms with Crippen LogP contribution in [0, 0.1) is 18.8 Å². The van der Waals surface area contributed by atoms with Gasteiger partial charge in [0.15, 0.2) is 5.82 Å². The van der Waals surface area contributed by atoms with Gasteiger partial charge in [-0.2, -0.15) is 10.1 Å². The van der Waals surface area contributed by atoms with Crippen LogP contribution in [0.15, 0.2) is 42.9 Å². The Kier molecular flexibility index (Phi) is 4.38. The zero-order valence-electron chi connectivity index (χ0n) is 11.8. The number of nitrogens with one attached hydrogen (secondary N) is 3. The van der Waals surface area contributed by atoms with Crippen LogP contribution in [0.4, 0.5) is 21.8 Å². The molecule has 1 aromatic carbocycles. The minimum absolute atomic E-state index is 0.292. The van der Waals surface area contributed by atoms with E-state index in [2.05, 4.69) is 37.7 Å². The highest BCUT2D eigenvalue weighted by Crippen LogP contribution is 2.25. The van der Waals surface area contributed by atoms with E-state index in [1.165, 1.54) is 12.3 Å². The molecule has 0 aliphatic heterocycles. The first-order valence-electron chi connectivity index (χ1n) is 6.62. The monoisotopic (exact) mass is 330 g/mol. The van der Waals surface area contributed by atoms with Gasteiger partial charge < -0.3 is 10.6 Å². The molecular formula is C15H12ClFN6. The number of benzene rings is 1. The molecule has 3 N–H and O–H groups in total. The Hall–Kier alpha value is -2.67. The van der Waals surface area contributed by atoms with Crippen molar-refractivity contribution in [2.45, 2.75) is 0 Å². The average Bonchev–Trinajstić information content (AvgIpc) is 3.04. The molecular weight excluding hydrogens is 319 g/mol. The lowest BCUT2D eigenvalue weighted by molar-refractivity contribution is 0.618. The van der Waals surface area contributed by atoms with E-state index in [4.69, 9.17) is 11.6 Å². The molecule has 6 nitrogen and oxygen atoms in total. The lowest BCUT2D eigenvalue weighted by atomic mass is 10.1. The van der Waals surface area contributed by atoms with Crippen molar-refractivity contribution in [1.29, 1.82) is 0 Å². The van der Waals surface area contributed by atoms with Gasteiger partial charge in [0.1, 0.15) is 10.8 Å². The van der Waals surface area contributed by atoms with Gasteiger partial charge >= 0.3 is 0 Å². The molecule has 0 bridgehead atoms. The van der Waals surface area contributed by atoms with Gasteiger partial charge in [-0.25, -0.2) is 9.37 Å². The molecule has 0 aliphatic rings. The van der Waals surface area contributed by atoms with Gasteiger partial charge in [0, 0.05) is 11.8 Å². The fourth-order valence-corrected chi connectivity index (χ4v) is 2.02. The predicted octanol–water partition coefficient (Wildman–Crippen LogP) is 3.56. The first-order chi connectivity index (χ1) is 11.1. The molecule has 3 rings (SSSR count). The van der Waals surface area contributed by atoms with Gasteiger partial charge in [0.2, 0.25) is 5.95 Å². The Labute approximate surface area is 137 Å². The summed E-state index contributed by atoms with van der Waals surface area (Å²) in [5, 5.41) is 12.6. The molecule has 3 aromatic rings. The van der Waals surface area contributed by atoms with E-state index in [1.54, 1.807) is 30.6 Å². The Morgan fingerprint density at radius 2 is 2.09 bits per heavy atom. The second-order valence-electron chi connectivity index (χ2n) is 4.59. The molecule has 0 amide bonds. The van der Waals surface area contributed by atoms with Crippen molar-refractivity contribution in [3.63, 3.8) is 0 Å². The smallest absolute Gasteiger partial charge is 0.229 e. The van der Waals surface area contributed by atoms with E-state index in [-0.39, 0.29) is 5.82 Å². The molecule has 0 aliphatic carbocycles. The van der Waals surface area contributed by atoms with Crippen molar-refractivity contribution >= 4 is 29.1 Å². The highest BCUT2D eigenvalue weighted by molar-refractivity contribution is 6.32. The van der Waals surface area contributed by atoms with E-state index in [0.29, 0.717) is 34.1 Å². The molecule has 0 spiro atoms. The number of aromatic amines is 1. The second-order valence-corrected chi connectivity index (χ2v) is 4.99. The lowest BCUT2D eigenvalue weighted by Crippen LogP contribution is -2.12. The van der Waals surface area contributed by atoms with Crippen molar-refractivity contribution < 1.29 is 4.39 Å². The van der Waals surface area contributed by atoms with E-state index in [9.17, 15) is 4.39 Å². The van der Waals surface area contributed by atoms with Crippen LogP contribution >= 0.6 is 11.6 Å². The summed E-state index contributed by atoms with van der Waals surface area (Å²) in [5.74, 6) is 0.257. The molecule has 0 atom stereocenters. The Bertz CT molecular complexity index is 792. The van der Waals surface area contributed by atoms with Crippen LogP contribution in [-0.4, -0.2) is 20.2 Å². The van der Waals surface area contributed by atoms with Crippen molar-refractivity contribution in [3.05, 3.63) is 72.2 Å². The minimum atomic E-state index is -0.382. The standard InChI is InChI=1S/C15H12ClFN6/c1-9(11-4-2-3-5-13(11)17)21-14-12(16)8-18-15(23-14)22-10-6-19-20-7-10/h2-8H,1H2,(H,19,20)(H2,18,21,22,23). The molecule has 23 heavy (non-hydrogen) atoms. The maximum Gasteiger partial charge on any atom is 0.229 e. The second kappa shape index (κ2) is 6.62. The summed E-state index contributed by atoms with van der Waals surface area (Å²) in [7, 11) is 0. The van der Waals surface area contributed by atoms with Gasteiger partial charge in [-0.05, 0) is 13.0 Å². The predicted molar refractivity (Wildman–Crippen MR) is 86.6 cm³/mol. The van der Waals surface area contributed by atoms with E-state index in [0.717, 1.165) is 0 Å². The van der Waals surface area contributed by atoms with Crippen LogP contribution < -0.4 is 10.6 Å². The summed E-state index contributed by atoms with van der Waals surface area (Å²) in [6, 6.07) is 6.65. The maximum absolute atomic E-state index is 13.8. The van der Waals surface area contributed by atoms with E-state index in [1.807, 2.05) is 0 Å². The third-order valence-electron chi connectivity index (χ3n) is 2.97. The Balaban J connectivity index is 1.80. The molecule has 0 fully saturated rings. The van der Waals surface area contributed by atoms with Crippen LogP contribution in [0.1, 0.15) is 5.56 Å². The summed E-state index contributed by atoms with van der Waals surface area (Å²) in [6.07, 6.45) is 4.68. The Morgan fingerprint density at radius 1 is 1.26 bits per heavy atom. The zero-order chi connectivity index (χ0) is 16.2. The number of halogens is 2. The highest BCUT2D eigenvalue weighted by Gasteiger charge is 2.14. The van der Waals surface area contributed by atoms with Gasteiger partial charge in [-0.15, -0.1) is 0 Å². The fraction of sp³-hybridized carbons (Fsp3) is 0. The SMILES string of the molecule is [CH2][C](Nc1nc(Nc2cn[nH]c2)ncc1Cl)c1ccccc1F. The molecule has 2 radical (unpaired) electrons. The number of hydrogen-bond donors (Lipinski definition) is 3. The van der Waals surface area contributed by atoms with Gasteiger partial charge in [0.25, 0.3) is 0 Å². The van der Waals surface area contributed by atoms with Gasteiger partial charge in [-0.1, -0.05) is 29.8 Å². The molecule has 0 saturated carbocycles. The first-order valence-corrected chi connectivity index (χ1v) is 7.00. The first kappa shape index (κ1) is 15.2. The third kappa shape index (κ3) is 3.57. The van der Waals surface area contributed by atoms with Crippen molar-refractivity contribution in [3.8, 4) is 0 Å². The molecule has 8 heteroatoms. The number of H-pyrrole nitrogens is 1. The van der Waals surface area contributed by atoms with Crippen LogP contribution in [0.2, 0.25) is 5.02 Å². The van der Waals surface area contributed by atoms with Crippen LogP contribution in [0.5, 0.6) is 0 Å². The Morgan fingerprint density at radius 3 is 2.83 bits per heavy atom. The normalized spacial score (nSPS) is 10.8. The summed E-state index contributed by atoms with van der Waals surface area (Å²) >= 11 is 6.08. The van der Waals surface area contributed by atoms with Crippen LogP contribution in [0.25, 0.3) is 0 Å². The summed E-state index contributed by atoms with van der Waals surface area (Å²) < 4.78 is 13.8. The van der Waals surface area contributed by atoms with Crippen molar-refractivity contribution in [2.24, 2.45) is 0 Å². The fourth-order valence-electron chi connectivity index (χ4n) is 1.88. The number of anilines is 3. The van der Waals surface area contributed by atoms with Crippen LogP contribution in [0.3, 0.4) is 0 Å². The molecule has 2 heterocycles. The van der Waals surface area contributed by atoms with Crippen LogP contribution in [-0.2, 0) is 0 Å². The summed E-state index contributed by atoms with van der Waals surface area (Å²) in [5.41, 5.74) is 1.04. The van der Waals surface area contributed by atoms with Gasteiger partial charge in [0.05, 0.1) is 24.1 Å². The largest absolute Gasteiger partial charge is 0.356 e. The minimum Gasteiger partial charge on any atom is -0.356 e. The van der Waals surface area contributed by atoms with E-state index < -0.39 is 0 Å². The number of rotatable bonds is 5. The quantitative estimate of drug-likeness (QED) is 0.666. The maximum atomic E-state index is 13.8. The molecule has 0 saturated heterocycles. The van der Waals surface area contributed by atoms with Crippen molar-refractivity contribution in [1.82, 2.24) is 20.2 Å². The number of hydrogen-bond acceptors (Lipinski definition) is 5. The topological polar surface area (TPSA) is 78.5 Å². The van der Waals surface area contributed by atoms with Crippen molar-refractivity contribution in [2.75, 3.05) is 10.6 Å². The van der Waals surface area contributed by atoms with Gasteiger partial charge in [-0.3, -0.25) is 5.10 Å². The lowest BCUT2D eigenvalue weighted by Gasteiger charge is -2.15. The zero-order valence-corrected chi connectivity index (χ0v) is 12.6. The molecule has 0 unspecified atom stereocenters. The van der Waals surface area contributed by atoms with E-state index >= 15 is 0 Å².